The maximum Gasteiger partial charge on any atom is 0.277 e. The molecule has 0 aromatic carbocycles. The van der Waals surface area contributed by atoms with Gasteiger partial charge in [0, 0.05) is 6.07 Å². The van der Waals surface area contributed by atoms with Crippen molar-refractivity contribution in [1.29, 1.82) is 0 Å². The molecule has 0 saturated heterocycles. The minimum atomic E-state index is -0.492. The lowest BCUT2D eigenvalue weighted by Gasteiger charge is -2.01. The molecule has 2 aromatic rings. The molecule has 2 N–H and O–H groups in total. The van der Waals surface area contributed by atoms with E-state index in [9.17, 15) is 9.59 Å². The Labute approximate surface area is 99.9 Å². The van der Waals surface area contributed by atoms with Crippen LogP contribution in [0.4, 0.5) is 5.82 Å². The summed E-state index contributed by atoms with van der Waals surface area (Å²) < 4.78 is 0. The Balaban J connectivity index is 2.14. The van der Waals surface area contributed by atoms with Gasteiger partial charge in [0.25, 0.3) is 11.5 Å². The van der Waals surface area contributed by atoms with Gasteiger partial charge < -0.3 is 5.32 Å². The van der Waals surface area contributed by atoms with E-state index in [1.54, 1.807) is 0 Å². The fraction of sp³-hybridized carbons (Fsp3) is 0. The number of hydrogen-bond acceptors (Lipinski definition) is 5. The first-order valence-corrected chi connectivity index (χ1v) is 4.87. The van der Waals surface area contributed by atoms with E-state index in [2.05, 4.69) is 25.5 Å². The number of H-pyrrole nitrogens is 1. The van der Waals surface area contributed by atoms with E-state index in [1.807, 2.05) is 0 Å². The Morgan fingerprint density at radius 1 is 1.29 bits per heavy atom. The Hall–Kier alpha value is -2.28. The zero-order valence-electron chi connectivity index (χ0n) is 8.35. The third-order valence-corrected chi connectivity index (χ3v) is 1.97. The predicted octanol–water partition coefficient (Wildman–Crippen LogP) is 0.466. The molecule has 8 heteroatoms. The highest BCUT2D eigenvalue weighted by molar-refractivity contribution is 6.29. The number of nitrogens with zero attached hydrogens (tertiary/aromatic N) is 3. The van der Waals surface area contributed by atoms with Crippen LogP contribution in [0.1, 0.15) is 10.5 Å². The van der Waals surface area contributed by atoms with Crippen molar-refractivity contribution in [2.75, 3.05) is 5.32 Å². The van der Waals surface area contributed by atoms with Crippen LogP contribution in [0, 0.1) is 0 Å². The molecular weight excluding hydrogens is 246 g/mol. The summed E-state index contributed by atoms with van der Waals surface area (Å²) in [6.07, 6.45) is 2.50. The van der Waals surface area contributed by atoms with Gasteiger partial charge >= 0.3 is 0 Å². The van der Waals surface area contributed by atoms with Crippen LogP contribution in [-0.2, 0) is 0 Å². The monoisotopic (exact) mass is 251 g/mol. The van der Waals surface area contributed by atoms with Gasteiger partial charge in [0.05, 0.1) is 12.4 Å². The largest absolute Gasteiger partial charge is 0.304 e. The van der Waals surface area contributed by atoms with Gasteiger partial charge in [-0.1, -0.05) is 11.6 Å². The maximum atomic E-state index is 11.6. The molecule has 7 nitrogen and oxygen atoms in total. The van der Waals surface area contributed by atoms with Gasteiger partial charge in [0.15, 0.2) is 5.82 Å². The van der Waals surface area contributed by atoms with E-state index in [0.29, 0.717) is 0 Å². The van der Waals surface area contributed by atoms with Crippen LogP contribution < -0.4 is 10.9 Å². The second kappa shape index (κ2) is 4.71. The van der Waals surface area contributed by atoms with Crippen LogP contribution in [0.2, 0.25) is 5.15 Å². The van der Waals surface area contributed by atoms with Crippen molar-refractivity contribution in [2.45, 2.75) is 0 Å². The molecule has 2 heterocycles. The zero-order chi connectivity index (χ0) is 12.3. The smallest absolute Gasteiger partial charge is 0.277 e. The summed E-state index contributed by atoms with van der Waals surface area (Å²) in [4.78, 5) is 29.9. The van der Waals surface area contributed by atoms with E-state index < -0.39 is 5.91 Å². The number of nitrogens with one attached hydrogen (secondary N) is 2. The minimum absolute atomic E-state index is 0.0994. The van der Waals surface area contributed by atoms with Gasteiger partial charge in [0.1, 0.15) is 10.8 Å². The third-order valence-electron chi connectivity index (χ3n) is 1.77. The standard InChI is InChI=1S/C9H6ClN5O2/c10-6-4-11-5(3-12-6)9(17)13-7-1-2-8(16)15-14-7/h1-4H,(H,15,16)(H,13,14,17). The van der Waals surface area contributed by atoms with Gasteiger partial charge in [-0.15, -0.1) is 0 Å². The molecule has 0 aliphatic heterocycles. The molecule has 0 atom stereocenters. The number of carbonyl (C=O) groups is 1. The summed E-state index contributed by atoms with van der Waals surface area (Å²) in [7, 11) is 0. The lowest BCUT2D eigenvalue weighted by Crippen LogP contribution is -2.17. The van der Waals surface area contributed by atoms with Crippen molar-refractivity contribution >= 4 is 23.3 Å². The topological polar surface area (TPSA) is 101 Å². The van der Waals surface area contributed by atoms with Crippen molar-refractivity contribution in [3.8, 4) is 0 Å². The van der Waals surface area contributed by atoms with Gasteiger partial charge in [-0.05, 0) is 6.07 Å². The van der Waals surface area contributed by atoms with Gasteiger partial charge in [-0.2, -0.15) is 5.10 Å². The summed E-state index contributed by atoms with van der Waals surface area (Å²) in [5.41, 5.74) is -0.253. The number of carbonyl (C=O) groups excluding carboxylic acids is 1. The summed E-state index contributed by atoms with van der Waals surface area (Å²) in [6.45, 7) is 0. The number of aromatic nitrogens is 4. The fourth-order valence-electron chi connectivity index (χ4n) is 1.02. The van der Waals surface area contributed by atoms with Crippen molar-refractivity contribution in [3.63, 3.8) is 0 Å². The summed E-state index contributed by atoms with van der Waals surface area (Å²) >= 11 is 5.54. The average Bonchev–Trinajstić information content (AvgIpc) is 2.33. The first-order valence-electron chi connectivity index (χ1n) is 4.50. The minimum Gasteiger partial charge on any atom is -0.304 e. The second-order valence-electron chi connectivity index (χ2n) is 2.98. The van der Waals surface area contributed by atoms with Gasteiger partial charge in [-0.25, -0.2) is 15.1 Å². The second-order valence-corrected chi connectivity index (χ2v) is 3.37. The molecule has 2 rings (SSSR count). The molecule has 0 aliphatic carbocycles. The van der Waals surface area contributed by atoms with Crippen LogP contribution >= 0.6 is 11.6 Å². The van der Waals surface area contributed by atoms with Gasteiger partial charge in [-0.3, -0.25) is 9.59 Å². The first kappa shape index (κ1) is 11.2. The highest BCUT2D eigenvalue weighted by atomic mass is 35.5. The molecule has 0 spiro atoms. The molecule has 0 saturated carbocycles. The number of aromatic amines is 1. The molecular formula is C9H6ClN5O2. The molecule has 0 aliphatic rings. The van der Waals surface area contributed by atoms with E-state index in [4.69, 9.17) is 11.6 Å². The van der Waals surface area contributed by atoms with Crippen LogP contribution in [0.15, 0.2) is 29.3 Å². The van der Waals surface area contributed by atoms with Crippen LogP contribution in [-0.4, -0.2) is 26.1 Å². The van der Waals surface area contributed by atoms with Crippen LogP contribution in [0.3, 0.4) is 0 Å². The van der Waals surface area contributed by atoms with Crippen molar-refractivity contribution in [3.05, 3.63) is 45.7 Å². The van der Waals surface area contributed by atoms with Crippen LogP contribution in [0.5, 0.6) is 0 Å². The average molecular weight is 252 g/mol. The molecule has 0 radical (unpaired) electrons. The highest BCUT2D eigenvalue weighted by Crippen LogP contribution is 2.04. The van der Waals surface area contributed by atoms with Crippen molar-refractivity contribution in [1.82, 2.24) is 20.2 Å². The summed E-state index contributed by atoms with van der Waals surface area (Å²) in [5.74, 6) is -0.278. The zero-order valence-corrected chi connectivity index (χ0v) is 9.10. The fourth-order valence-corrected chi connectivity index (χ4v) is 1.12. The number of halogens is 1. The van der Waals surface area contributed by atoms with Gasteiger partial charge in [0.2, 0.25) is 0 Å². The Bertz CT molecular complexity index is 575. The number of rotatable bonds is 2. The molecule has 0 fully saturated rings. The molecule has 1 amide bonds. The highest BCUT2D eigenvalue weighted by Gasteiger charge is 2.08. The third kappa shape index (κ3) is 2.85. The van der Waals surface area contributed by atoms with E-state index >= 15 is 0 Å². The Morgan fingerprint density at radius 2 is 2.12 bits per heavy atom. The van der Waals surface area contributed by atoms with E-state index in [1.165, 1.54) is 24.5 Å². The Kier molecular flexibility index (Phi) is 3.10. The van der Waals surface area contributed by atoms with Crippen LogP contribution in [0.25, 0.3) is 0 Å². The molecule has 0 unspecified atom stereocenters. The number of anilines is 1. The van der Waals surface area contributed by atoms with E-state index in [0.717, 1.165) is 0 Å². The molecule has 17 heavy (non-hydrogen) atoms. The first-order chi connectivity index (χ1) is 8.15. The Morgan fingerprint density at radius 3 is 2.71 bits per heavy atom. The number of hydrogen-bond donors (Lipinski definition) is 2. The maximum absolute atomic E-state index is 11.6. The predicted molar refractivity (Wildman–Crippen MR) is 59.9 cm³/mol. The van der Waals surface area contributed by atoms with Crippen molar-refractivity contribution < 1.29 is 4.79 Å². The normalized spacial score (nSPS) is 9.94. The lowest BCUT2D eigenvalue weighted by molar-refractivity contribution is 0.102. The number of amides is 1. The lowest BCUT2D eigenvalue weighted by atomic mass is 10.4. The summed E-state index contributed by atoms with van der Waals surface area (Å²) in [5, 5.41) is 8.44. The van der Waals surface area contributed by atoms with Crippen molar-refractivity contribution in [2.24, 2.45) is 0 Å². The molecule has 86 valence electrons. The van der Waals surface area contributed by atoms with E-state index in [-0.39, 0.29) is 22.2 Å². The molecule has 0 bridgehead atoms. The quantitative estimate of drug-likeness (QED) is 0.808. The SMILES string of the molecule is O=C(Nc1ccc(=O)[nH]n1)c1cnc(Cl)cn1. The summed E-state index contributed by atoms with van der Waals surface area (Å²) in [6, 6.07) is 2.62. The molecule has 2 aromatic heterocycles.